The Morgan fingerprint density at radius 3 is 2.67 bits per heavy atom. The summed E-state index contributed by atoms with van der Waals surface area (Å²) in [6, 6.07) is 0. The van der Waals surface area contributed by atoms with Crippen LogP contribution in [0, 0.1) is 0 Å². The van der Waals surface area contributed by atoms with Gasteiger partial charge in [-0.3, -0.25) is 4.79 Å². The van der Waals surface area contributed by atoms with Crippen molar-refractivity contribution in [2.45, 2.75) is 25.7 Å². The molecule has 0 saturated carbocycles. The summed E-state index contributed by atoms with van der Waals surface area (Å²) in [5, 5.41) is 3.05. The highest BCUT2D eigenvalue weighted by Crippen LogP contribution is 1.95. The molecule has 1 radical (unpaired) electrons. The van der Waals surface area contributed by atoms with Gasteiger partial charge in [-0.05, 0) is 26.4 Å². The monoisotopic (exact) mass is 128 g/mol. The average Bonchev–Trinajstić information content (AvgIpc) is 1.89. The second-order valence-corrected chi connectivity index (χ2v) is 2.06. The molecule has 0 aliphatic rings. The standard InChI is InChI=1S/C7H14NO/c1-8-6-4-2-3-5-7-9/h8H,2-6H2,1H3. The van der Waals surface area contributed by atoms with Crippen LogP contribution in [0.3, 0.4) is 0 Å². The van der Waals surface area contributed by atoms with Gasteiger partial charge in [-0.25, -0.2) is 0 Å². The first-order valence-corrected chi connectivity index (χ1v) is 3.41. The Bertz CT molecular complexity index is 63.9. The van der Waals surface area contributed by atoms with Gasteiger partial charge < -0.3 is 5.32 Å². The van der Waals surface area contributed by atoms with E-state index in [2.05, 4.69) is 5.32 Å². The van der Waals surface area contributed by atoms with E-state index >= 15 is 0 Å². The Balaban J connectivity index is 2.66. The molecule has 0 saturated heterocycles. The SMILES string of the molecule is CNCCCCC[C]=O. The maximum absolute atomic E-state index is 9.70. The van der Waals surface area contributed by atoms with Gasteiger partial charge in [0.25, 0.3) is 0 Å². The minimum atomic E-state index is 0.601. The van der Waals surface area contributed by atoms with Gasteiger partial charge in [-0.15, -0.1) is 0 Å². The molecule has 0 fully saturated rings. The topological polar surface area (TPSA) is 29.1 Å². The Labute approximate surface area is 56.6 Å². The number of nitrogens with one attached hydrogen (secondary N) is 1. The minimum Gasteiger partial charge on any atom is -0.320 e. The third-order valence-electron chi connectivity index (χ3n) is 1.21. The molecule has 0 aromatic rings. The predicted octanol–water partition coefficient (Wildman–Crippen LogP) is 0.876. The van der Waals surface area contributed by atoms with Crippen LogP contribution < -0.4 is 5.32 Å². The zero-order valence-corrected chi connectivity index (χ0v) is 5.94. The van der Waals surface area contributed by atoms with E-state index in [1.54, 1.807) is 0 Å². The van der Waals surface area contributed by atoms with Crippen LogP contribution in [0.15, 0.2) is 0 Å². The van der Waals surface area contributed by atoms with Gasteiger partial charge >= 0.3 is 0 Å². The van der Waals surface area contributed by atoms with Crippen molar-refractivity contribution in [3.63, 3.8) is 0 Å². The second kappa shape index (κ2) is 7.63. The highest BCUT2D eigenvalue weighted by Gasteiger charge is 1.86. The van der Waals surface area contributed by atoms with Gasteiger partial charge in [0.15, 0.2) is 6.29 Å². The van der Waals surface area contributed by atoms with Gasteiger partial charge in [0, 0.05) is 6.42 Å². The lowest BCUT2D eigenvalue weighted by Crippen LogP contribution is -2.06. The first-order valence-electron chi connectivity index (χ1n) is 3.41. The van der Waals surface area contributed by atoms with Gasteiger partial charge in [-0.1, -0.05) is 6.42 Å². The Kier molecular flexibility index (Phi) is 7.32. The van der Waals surface area contributed by atoms with E-state index < -0.39 is 0 Å². The Morgan fingerprint density at radius 1 is 1.33 bits per heavy atom. The molecule has 0 aliphatic heterocycles. The van der Waals surface area contributed by atoms with Crippen LogP contribution in [0.2, 0.25) is 0 Å². The summed E-state index contributed by atoms with van der Waals surface area (Å²) in [6.45, 7) is 1.05. The van der Waals surface area contributed by atoms with E-state index in [1.165, 1.54) is 0 Å². The zero-order valence-electron chi connectivity index (χ0n) is 5.94. The summed E-state index contributed by atoms with van der Waals surface area (Å²) in [7, 11) is 1.94. The van der Waals surface area contributed by atoms with Crippen molar-refractivity contribution < 1.29 is 4.79 Å². The third kappa shape index (κ3) is 7.63. The van der Waals surface area contributed by atoms with Crippen LogP contribution in [-0.2, 0) is 4.79 Å². The summed E-state index contributed by atoms with van der Waals surface area (Å²) < 4.78 is 0. The van der Waals surface area contributed by atoms with Gasteiger partial charge in [0.2, 0.25) is 0 Å². The molecule has 53 valence electrons. The van der Waals surface area contributed by atoms with Gasteiger partial charge in [0.1, 0.15) is 0 Å². The van der Waals surface area contributed by atoms with Crippen molar-refractivity contribution in [2.24, 2.45) is 0 Å². The molecule has 2 heteroatoms. The minimum absolute atomic E-state index is 0.601. The van der Waals surface area contributed by atoms with Crippen molar-refractivity contribution in [1.82, 2.24) is 5.32 Å². The normalized spacial score (nSPS) is 9.44. The van der Waals surface area contributed by atoms with E-state index in [1.807, 2.05) is 13.3 Å². The number of carbonyl (C=O) groups excluding carboxylic acids is 1. The van der Waals surface area contributed by atoms with Crippen LogP contribution in [0.1, 0.15) is 25.7 Å². The highest BCUT2D eigenvalue weighted by molar-refractivity contribution is 5.50. The Hall–Kier alpha value is -0.370. The molecule has 0 unspecified atom stereocenters. The fourth-order valence-corrected chi connectivity index (χ4v) is 0.676. The molecule has 0 atom stereocenters. The van der Waals surface area contributed by atoms with Crippen LogP contribution in [0.25, 0.3) is 0 Å². The first-order chi connectivity index (χ1) is 4.41. The highest BCUT2D eigenvalue weighted by atomic mass is 16.1. The molecule has 0 aromatic carbocycles. The van der Waals surface area contributed by atoms with E-state index in [4.69, 9.17) is 0 Å². The Morgan fingerprint density at radius 2 is 2.11 bits per heavy atom. The summed E-state index contributed by atoms with van der Waals surface area (Å²) in [5.74, 6) is 0. The van der Waals surface area contributed by atoms with Crippen LogP contribution >= 0.6 is 0 Å². The summed E-state index contributed by atoms with van der Waals surface area (Å²) in [6.07, 6.45) is 5.77. The molecule has 0 spiro atoms. The molecule has 9 heavy (non-hydrogen) atoms. The molecule has 0 aliphatic carbocycles. The lowest BCUT2D eigenvalue weighted by molar-refractivity contribution is 0.544. The molecule has 0 bridgehead atoms. The summed E-state index contributed by atoms with van der Waals surface area (Å²) >= 11 is 0. The third-order valence-corrected chi connectivity index (χ3v) is 1.21. The lowest BCUT2D eigenvalue weighted by atomic mass is 10.2. The maximum Gasteiger partial charge on any atom is 0.198 e. The zero-order chi connectivity index (χ0) is 6.95. The van der Waals surface area contributed by atoms with E-state index in [9.17, 15) is 4.79 Å². The molecule has 0 aromatic heterocycles. The number of rotatable bonds is 6. The van der Waals surface area contributed by atoms with Crippen molar-refractivity contribution in [2.75, 3.05) is 13.6 Å². The average molecular weight is 128 g/mol. The molecular formula is C7H14NO. The quantitative estimate of drug-likeness (QED) is 0.538. The largest absolute Gasteiger partial charge is 0.320 e. The number of hydrogen-bond donors (Lipinski definition) is 1. The fraction of sp³-hybridized carbons (Fsp3) is 0.857. The lowest BCUT2D eigenvalue weighted by Gasteiger charge is -1.95. The smallest absolute Gasteiger partial charge is 0.198 e. The fourth-order valence-electron chi connectivity index (χ4n) is 0.676. The molecule has 0 rings (SSSR count). The predicted molar refractivity (Wildman–Crippen MR) is 38.1 cm³/mol. The van der Waals surface area contributed by atoms with Gasteiger partial charge in [-0.2, -0.15) is 0 Å². The van der Waals surface area contributed by atoms with Crippen LogP contribution in [0.4, 0.5) is 0 Å². The molecule has 1 N–H and O–H groups in total. The number of hydrogen-bond acceptors (Lipinski definition) is 2. The van der Waals surface area contributed by atoms with Crippen LogP contribution in [-0.4, -0.2) is 19.9 Å². The maximum atomic E-state index is 9.70. The van der Waals surface area contributed by atoms with E-state index in [-0.39, 0.29) is 0 Å². The second-order valence-electron chi connectivity index (χ2n) is 2.06. The van der Waals surface area contributed by atoms with E-state index in [0.29, 0.717) is 6.42 Å². The molecule has 0 heterocycles. The first kappa shape index (κ1) is 8.63. The molecule has 2 nitrogen and oxygen atoms in total. The van der Waals surface area contributed by atoms with Crippen molar-refractivity contribution in [3.05, 3.63) is 0 Å². The van der Waals surface area contributed by atoms with Crippen molar-refractivity contribution in [1.29, 1.82) is 0 Å². The van der Waals surface area contributed by atoms with Crippen molar-refractivity contribution in [3.8, 4) is 0 Å². The van der Waals surface area contributed by atoms with Gasteiger partial charge in [0.05, 0.1) is 0 Å². The van der Waals surface area contributed by atoms with Crippen LogP contribution in [0.5, 0.6) is 0 Å². The van der Waals surface area contributed by atoms with Crippen molar-refractivity contribution >= 4 is 6.29 Å². The summed E-state index contributed by atoms with van der Waals surface area (Å²) in [5.41, 5.74) is 0. The number of unbranched alkanes of at least 4 members (excludes halogenated alkanes) is 3. The molecular weight excluding hydrogens is 114 g/mol. The molecule has 0 amide bonds. The summed E-state index contributed by atoms with van der Waals surface area (Å²) in [4.78, 5) is 9.70. The van der Waals surface area contributed by atoms with E-state index in [0.717, 1.165) is 25.8 Å².